The van der Waals surface area contributed by atoms with Crippen LogP contribution in [0.25, 0.3) is 0 Å². The predicted molar refractivity (Wildman–Crippen MR) is 48.6 cm³/mol. The van der Waals surface area contributed by atoms with Crippen LogP contribution in [0.2, 0.25) is 0 Å². The molecular formula is C9H10BrN. The van der Waals surface area contributed by atoms with Gasteiger partial charge in [-0.05, 0) is 31.4 Å². The van der Waals surface area contributed by atoms with Crippen LogP contribution in [0, 0.1) is 6.92 Å². The molecule has 0 amide bonds. The second-order valence-electron chi connectivity index (χ2n) is 3.08. The first-order chi connectivity index (χ1) is 5.29. The third-order valence-corrected chi connectivity index (χ3v) is 3.00. The molecular weight excluding hydrogens is 202 g/mol. The number of halogens is 1. The molecule has 0 saturated heterocycles. The van der Waals surface area contributed by atoms with Crippen LogP contribution in [0.15, 0.2) is 16.7 Å². The number of hydrogen-bond donors (Lipinski definition) is 0. The van der Waals surface area contributed by atoms with Gasteiger partial charge in [-0.3, -0.25) is 4.98 Å². The fraction of sp³-hybridized carbons (Fsp3) is 0.444. The van der Waals surface area contributed by atoms with Crippen molar-refractivity contribution < 1.29 is 0 Å². The molecule has 0 atom stereocenters. The predicted octanol–water partition coefficient (Wildman–Crippen LogP) is 3.03. The maximum Gasteiger partial charge on any atom is 0.0474 e. The van der Waals surface area contributed by atoms with Gasteiger partial charge in [0.15, 0.2) is 0 Å². The Kier molecular flexibility index (Phi) is 1.72. The smallest absolute Gasteiger partial charge is 0.0474 e. The summed E-state index contributed by atoms with van der Waals surface area (Å²) in [7, 11) is 0. The van der Waals surface area contributed by atoms with E-state index in [1.54, 1.807) is 0 Å². The van der Waals surface area contributed by atoms with Crippen molar-refractivity contribution in [3.8, 4) is 0 Å². The maximum atomic E-state index is 4.37. The molecule has 2 heteroatoms. The lowest BCUT2D eigenvalue weighted by molar-refractivity contribution is 0.990. The quantitative estimate of drug-likeness (QED) is 0.697. The van der Waals surface area contributed by atoms with Crippen molar-refractivity contribution in [3.05, 3.63) is 28.0 Å². The van der Waals surface area contributed by atoms with Crippen LogP contribution in [0.4, 0.5) is 0 Å². The molecule has 1 aromatic rings. The first kappa shape index (κ1) is 7.29. The number of rotatable bonds is 1. The molecule has 2 rings (SSSR count). The van der Waals surface area contributed by atoms with Crippen molar-refractivity contribution >= 4 is 15.9 Å². The molecule has 1 fully saturated rings. The van der Waals surface area contributed by atoms with Crippen molar-refractivity contribution in [2.24, 2.45) is 0 Å². The summed E-state index contributed by atoms with van der Waals surface area (Å²) in [6.07, 6.45) is 4.53. The Morgan fingerprint density at radius 1 is 1.55 bits per heavy atom. The van der Waals surface area contributed by atoms with E-state index in [9.17, 15) is 0 Å². The Labute approximate surface area is 75.0 Å². The summed E-state index contributed by atoms with van der Waals surface area (Å²) in [4.78, 5) is 4.37. The second-order valence-corrected chi connectivity index (χ2v) is 3.93. The summed E-state index contributed by atoms with van der Waals surface area (Å²) in [6, 6.07) is 2.00. The van der Waals surface area contributed by atoms with E-state index in [0.717, 1.165) is 5.92 Å². The number of hydrogen-bond acceptors (Lipinski definition) is 1. The van der Waals surface area contributed by atoms with Gasteiger partial charge < -0.3 is 0 Å². The van der Waals surface area contributed by atoms with Crippen LogP contribution in [0.3, 0.4) is 0 Å². The molecule has 0 spiro atoms. The van der Waals surface area contributed by atoms with Crippen LogP contribution in [-0.2, 0) is 0 Å². The fourth-order valence-corrected chi connectivity index (χ4v) is 1.62. The zero-order chi connectivity index (χ0) is 7.84. The van der Waals surface area contributed by atoms with Crippen LogP contribution < -0.4 is 0 Å². The van der Waals surface area contributed by atoms with E-state index in [-0.39, 0.29) is 0 Å². The molecule has 58 valence electrons. The molecule has 1 heterocycles. The minimum absolute atomic E-state index is 0.757. The van der Waals surface area contributed by atoms with Gasteiger partial charge in [-0.1, -0.05) is 15.9 Å². The molecule has 0 aliphatic heterocycles. The van der Waals surface area contributed by atoms with Crippen molar-refractivity contribution in [2.75, 3.05) is 0 Å². The van der Waals surface area contributed by atoms with Crippen molar-refractivity contribution in [3.63, 3.8) is 0 Å². The lowest BCUT2D eigenvalue weighted by Gasteiger charge is -2.03. The monoisotopic (exact) mass is 211 g/mol. The van der Waals surface area contributed by atoms with E-state index in [0.29, 0.717) is 0 Å². The van der Waals surface area contributed by atoms with Gasteiger partial charge in [0.1, 0.15) is 0 Å². The highest BCUT2D eigenvalue weighted by atomic mass is 79.9. The zero-order valence-corrected chi connectivity index (χ0v) is 8.06. The fourth-order valence-electron chi connectivity index (χ4n) is 1.30. The van der Waals surface area contributed by atoms with Gasteiger partial charge in [-0.2, -0.15) is 0 Å². The first-order valence-electron chi connectivity index (χ1n) is 3.90. The topological polar surface area (TPSA) is 12.9 Å². The first-order valence-corrected chi connectivity index (χ1v) is 4.69. The van der Waals surface area contributed by atoms with Gasteiger partial charge >= 0.3 is 0 Å². The Bertz CT molecular complexity index is 279. The highest BCUT2D eigenvalue weighted by molar-refractivity contribution is 9.10. The average Bonchev–Trinajstić information content (AvgIpc) is 2.77. The summed E-state index contributed by atoms with van der Waals surface area (Å²) in [5.74, 6) is 0.757. The largest absolute Gasteiger partial charge is 0.261 e. The minimum atomic E-state index is 0.757. The van der Waals surface area contributed by atoms with E-state index < -0.39 is 0 Å². The van der Waals surface area contributed by atoms with Crippen molar-refractivity contribution in [2.45, 2.75) is 25.7 Å². The molecule has 0 bridgehead atoms. The third kappa shape index (κ3) is 1.32. The molecule has 11 heavy (non-hydrogen) atoms. The maximum absolute atomic E-state index is 4.37. The average molecular weight is 212 g/mol. The van der Waals surface area contributed by atoms with Crippen LogP contribution in [0.1, 0.15) is 30.0 Å². The standard InChI is InChI=1S/C9H10BrN/c1-6-8(10)4-5-11-9(6)7-2-3-7/h4-5,7H,2-3H2,1H3. The zero-order valence-electron chi connectivity index (χ0n) is 6.47. The van der Waals surface area contributed by atoms with Crippen LogP contribution in [0.5, 0.6) is 0 Å². The molecule has 0 unspecified atom stereocenters. The van der Waals surface area contributed by atoms with E-state index in [1.807, 2.05) is 12.3 Å². The second kappa shape index (κ2) is 2.59. The summed E-state index contributed by atoms with van der Waals surface area (Å²) in [5, 5.41) is 0. The SMILES string of the molecule is Cc1c(Br)ccnc1C1CC1. The molecule has 1 saturated carbocycles. The van der Waals surface area contributed by atoms with E-state index in [2.05, 4.69) is 27.8 Å². The van der Waals surface area contributed by atoms with E-state index >= 15 is 0 Å². The molecule has 1 nitrogen and oxygen atoms in total. The van der Waals surface area contributed by atoms with E-state index in [1.165, 1.54) is 28.6 Å². The Hall–Kier alpha value is -0.370. The number of pyridine rings is 1. The molecule has 0 aromatic carbocycles. The highest BCUT2D eigenvalue weighted by Gasteiger charge is 2.26. The highest BCUT2D eigenvalue weighted by Crippen LogP contribution is 2.41. The number of aromatic nitrogens is 1. The Morgan fingerprint density at radius 2 is 2.27 bits per heavy atom. The molecule has 1 aliphatic carbocycles. The molecule has 1 aliphatic rings. The summed E-state index contributed by atoms with van der Waals surface area (Å²) in [6.45, 7) is 2.13. The third-order valence-electron chi connectivity index (χ3n) is 2.14. The lowest BCUT2D eigenvalue weighted by Crippen LogP contribution is -1.90. The molecule has 1 aromatic heterocycles. The van der Waals surface area contributed by atoms with Crippen LogP contribution >= 0.6 is 15.9 Å². The number of nitrogens with zero attached hydrogens (tertiary/aromatic N) is 1. The Balaban J connectivity index is 2.45. The van der Waals surface area contributed by atoms with Crippen molar-refractivity contribution in [1.29, 1.82) is 0 Å². The van der Waals surface area contributed by atoms with Crippen molar-refractivity contribution in [1.82, 2.24) is 4.98 Å². The minimum Gasteiger partial charge on any atom is -0.261 e. The van der Waals surface area contributed by atoms with Gasteiger partial charge in [0.25, 0.3) is 0 Å². The van der Waals surface area contributed by atoms with Gasteiger partial charge in [0.05, 0.1) is 0 Å². The summed E-state index contributed by atoms with van der Waals surface area (Å²) >= 11 is 3.50. The molecule has 0 N–H and O–H groups in total. The lowest BCUT2D eigenvalue weighted by atomic mass is 10.1. The van der Waals surface area contributed by atoms with Crippen LogP contribution in [-0.4, -0.2) is 4.98 Å². The normalized spacial score (nSPS) is 16.9. The van der Waals surface area contributed by atoms with Gasteiger partial charge in [0.2, 0.25) is 0 Å². The summed E-state index contributed by atoms with van der Waals surface area (Å²) < 4.78 is 1.19. The van der Waals surface area contributed by atoms with Gasteiger partial charge in [-0.15, -0.1) is 0 Å². The Morgan fingerprint density at radius 3 is 2.91 bits per heavy atom. The van der Waals surface area contributed by atoms with E-state index in [4.69, 9.17) is 0 Å². The van der Waals surface area contributed by atoms with Gasteiger partial charge in [0, 0.05) is 22.3 Å². The summed E-state index contributed by atoms with van der Waals surface area (Å²) in [5.41, 5.74) is 2.61. The van der Waals surface area contributed by atoms with Gasteiger partial charge in [-0.25, -0.2) is 0 Å². The molecule has 0 radical (unpaired) electrons.